The number of benzene rings is 1. The summed E-state index contributed by atoms with van der Waals surface area (Å²) in [6.07, 6.45) is 0.936. The molecule has 1 aromatic carbocycles. The summed E-state index contributed by atoms with van der Waals surface area (Å²) in [7, 11) is 0. The Kier molecular flexibility index (Phi) is 3.13. The first kappa shape index (κ1) is 11.6. The molecule has 1 fully saturated rings. The SMILES string of the molecule is CCc1ccccc1N1C[C@@H](C(=O)O)CC1=O. The third-order valence-electron chi connectivity index (χ3n) is 3.14. The van der Waals surface area contributed by atoms with Crippen molar-refractivity contribution in [2.45, 2.75) is 19.8 Å². The van der Waals surface area contributed by atoms with Crippen LogP contribution in [0.5, 0.6) is 0 Å². The zero-order valence-corrected chi connectivity index (χ0v) is 9.72. The predicted octanol–water partition coefficient (Wildman–Crippen LogP) is 1.69. The van der Waals surface area contributed by atoms with Gasteiger partial charge in [0.2, 0.25) is 5.91 Å². The van der Waals surface area contributed by atoms with Crippen molar-refractivity contribution in [3.8, 4) is 0 Å². The number of para-hydroxylation sites is 1. The van der Waals surface area contributed by atoms with Crippen LogP contribution in [0.4, 0.5) is 5.69 Å². The zero-order chi connectivity index (χ0) is 12.4. The predicted molar refractivity (Wildman–Crippen MR) is 63.9 cm³/mol. The molecule has 0 bridgehead atoms. The third-order valence-corrected chi connectivity index (χ3v) is 3.14. The molecule has 1 aromatic rings. The number of hydrogen-bond donors (Lipinski definition) is 1. The molecule has 0 aromatic heterocycles. The van der Waals surface area contributed by atoms with E-state index in [1.807, 2.05) is 31.2 Å². The summed E-state index contributed by atoms with van der Waals surface area (Å²) in [5.74, 6) is -1.57. The van der Waals surface area contributed by atoms with Gasteiger partial charge in [0, 0.05) is 18.7 Å². The van der Waals surface area contributed by atoms with E-state index in [4.69, 9.17) is 5.11 Å². The van der Waals surface area contributed by atoms with Crippen molar-refractivity contribution in [3.05, 3.63) is 29.8 Å². The first-order valence-electron chi connectivity index (χ1n) is 5.74. The van der Waals surface area contributed by atoms with Gasteiger partial charge in [-0.15, -0.1) is 0 Å². The standard InChI is InChI=1S/C13H15NO3/c1-2-9-5-3-4-6-11(9)14-8-10(13(16)17)7-12(14)15/h3-6,10H,2,7-8H2,1H3,(H,16,17)/t10-/m0/s1. The molecule has 1 N–H and O–H groups in total. The quantitative estimate of drug-likeness (QED) is 0.864. The van der Waals surface area contributed by atoms with Crippen molar-refractivity contribution in [2.24, 2.45) is 5.92 Å². The van der Waals surface area contributed by atoms with Crippen LogP contribution in [0.25, 0.3) is 0 Å². The summed E-state index contributed by atoms with van der Waals surface area (Å²) in [5.41, 5.74) is 1.93. The molecular weight excluding hydrogens is 218 g/mol. The fraction of sp³-hybridized carbons (Fsp3) is 0.385. The first-order valence-corrected chi connectivity index (χ1v) is 5.74. The van der Waals surface area contributed by atoms with E-state index in [9.17, 15) is 9.59 Å². The molecule has 0 radical (unpaired) electrons. The van der Waals surface area contributed by atoms with E-state index in [1.165, 1.54) is 0 Å². The van der Waals surface area contributed by atoms with E-state index >= 15 is 0 Å². The van der Waals surface area contributed by atoms with Gasteiger partial charge < -0.3 is 10.0 Å². The molecule has 1 saturated heterocycles. The normalized spacial score (nSPS) is 19.7. The number of carbonyl (C=O) groups excluding carboxylic acids is 1. The maximum atomic E-state index is 11.8. The summed E-state index contributed by atoms with van der Waals surface area (Å²) >= 11 is 0. The number of carboxylic acids is 1. The molecule has 1 atom stereocenters. The number of nitrogens with zero attached hydrogens (tertiary/aromatic N) is 1. The number of amides is 1. The number of aliphatic carboxylic acids is 1. The molecule has 2 rings (SSSR count). The molecule has 0 saturated carbocycles. The van der Waals surface area contributed by atoms with Crippen molar-refractivity contribution in [1.82, 2.24) is 0 Å². The average molecular weight is 233 g/mol. The minimum Gasteiger partial charge on any atom is -0.481 e. The lowest BCUT2D eigenvalue weighted by Crippen LogP contribution is -2.26. The lowest BCUT2D eigenvalue weighted by atomic mass is 10.1. The Balaban J connectivity index is 2.29. The second-order valence-electron chi connectivity index (χ2n) is 4.23. The smallest absolute Gasteiger partial charge is 0.308 e. The molecule has 4 nitrogen and oxygen atoms in total. The minimum atomic E-state index is -0.894. The minimum absolute atomic E-state index is 0.0988. The van der Waals surface area contributed by atoms with Crippen LogP contribution in [0.3, 0.4) is 0 Å². The second-order valence-corrected chi connectivity index (χ2v) is 4.23. The molecular formula is C13H15NO3. The summed E-state index contributed by atoms with van der Waals surface area (Å²) in [6.45, 7) is 2.30. The Bertz CT molecular complexity index is 456. The highest BCUT2D eigenvalue weighted by molar-refractivity contribution is 5.99. The third kappa shape index (κ3) is 2.16. The van der Waals surface area contributed by atoms with Crippen LogP contribution in [0.2, 0.25) is 0 Å². The highest BCUT2D eigenvalue weighted by Crippen LogP contribution is 2.28. The first-order chi connectivity index (χ1) is 8.13. The molecule has 4 heteroatoms. The number of hydrogen-bond acceptors (Lipinski definition) is 2. The van der Waals surface area contributed by atoms with Crippen LogP contribution in [0, 0.1) is 5.92 Å². The topological polar surface area (TPSA) is 57.6 Å². The average Bonchev–Trinajstić information content (AvgIpc) is 2.71. The van der Waals surface area contributed by atoms with Crippen LogP contribution in [-0.2, 0) is 16.0 Å². The lowest BCUT2D eigenvalue weighted by Gasteiger charge is -2.19. The summed E-state index contributed by atoms with van der Waals surface area (Å²) in [6, 6.07) is 7.64. The van der Waals surface area contributed by atoms with Gasteiger partial charge in [-0.3, -0.25) is 9.59 Å². The Hall–Kier alpha value is -1.84. The van der Waals surface area contributed by atoms with Gasteiger partial charge in [-0.1, -0.05) is 25.1 Å². The number of carbonyl (C=O) groups is 2. The van der Waals surface area contributed by atoms with E-state index in [0.29, 0.717) is 0 Å². The number of aryl methyl sites for hydroxylation is 1. The van der Waals surface area contributed by atoms with Crippen molar-refractivity contribution in [2.75, 3.05) is 11.4 Å². The summed E-state index contributed by atoms with van der Waals surface area (Å²) in [5, 5.41) is 8.94. The van der Waals surface area contributed by atoms with E-state index in [1.54, 1.807) is 4.90 Å². The molecule has 1 amide bonds. The fourth-order valence-electron chi connectivity index (χ4n) is 2.18. The molecule has 17 heavy (non-hydrogen) atoms. The Morgan fingerprint density at radius 3 is 2.76 bits per heavy atom. The molecule has 1 aliphatic rings. The Morgan fingerprint density at radius 2 is 2.18 bits per heavy atom. The molecule has 90 valence electrons. The largest absolute Gasteiger partial charge is 0.481 e. The van der Waals surface area contributed by atoms with Gasteiger partial charge in [-0.2, -0.15) is 0 Å². The van der Waals surface area contributed by atoms with Crippen molar-refractivity contribution in [3.63, 3.8) is 0 Å². The van der Waals surface area contributed by atoms with Gasteiger partial charge in [0.25, 0.3) is 0 Å². The molecule has 1 heterocycles. The second kappa shape index (κ2) is 4.57. The van der Waals surface area contributed by atoms with Crippen molar-refractivity contribution >= 4 is 17.6 Å². The van der Waals surface area contributed by atoms with Gasteiger partial charge in [0.05, 0.1) is 5.92 Å². The van der Waals surface area contributed by atoms with Crippen LogP contribution in [0.15, 0.2) is 24.3 Å². The number of anilines is 1. The molecule has 0 unspecified atom stereocenters. The Morgan fingerprint density at radius 1 is 1.47 bits per heavy atom. The highest BCUT2D eigenvalue weighted by Gasteiger charge is 2.35. The highest BCUT2D eigenvalue weighted by atomic mass is 16.4. The number of carboxylic acid groups (broad SMARTS) is 1. The summed E-state index contributed by atoms with van der Waals surface area (Å²) in [4.78, 5) is 24.3. The van der Waals surface area contributed by atoms with Crippen LogP contribution >= 0.6 is 0 Å². The molecule has 0 aliphatic carbocycles. The van der Waals surface area contributed by atoms with E-state index in [0.717, 1.165) is 17.7 Å². The van der Waals surface area contributed by atoms with Gasteiger partial charge in [-0.05, 0) is 18.1 Å². The van der Waals surface area contributed by atoms with Gasteiger partial charge in [0.1, 0.15) is 0 Å². The van der Waals surface area contributed by atoms with E-state index in [2.05, 4.69) is 0 Å². The van der Waals surface area contributed by atoms with Crippen LogP contribution in [-0.4, -0.2) is 23.5 Å². The van der Waals surface area contributed by atoms with Gasteiger partial charge >= 0.3 is 5.97 Å². The lowest BCUT2D eigenvalue weighted by molar-refractivity contribution is -0.141. The molecule has 1 aliphatic heterocycles. The summed E-state index contributed by atoms with van der Waals surface area (Å²) < 4.78 is 0. The zero-order valence-electron chi connectivity index (χ0n) is 9.72. The van der Waals surface area contributed by atoms with Gasteiger partial charge in [0.15, 0.2) is 0 Å². The monoisotopic (exact) mass is 233 g/mol. The Labute approximate surface area is 99.9 Å². The maximum Gasteiger partial charge on any atom is 0.308 e. The van der Waals surface area contributed by atoms with Crippen molar-refractivity contribution in [1.29, 1.82) is 0 Å². The van der Waals surface area contributed by atoms with E-state index < -0.39 is 11.9 Å². The van der Waals surface area contributed by atoms with E-state index in [-0.39, 0.29) is 18.9 Å². The number of rotatable bonds is 3. The van der Waals surface area contributed by atoms with Gasteiger partial charge in [-0.25, -0.2) is 0 Å². The maximum absolute atomic E-state index is 11.8. The van der Waals surface area contributed by atoms with Crippen molar-refractivity contribution < 1.29 is 14.7 Å². The van der Waals surface area contributed by atoms with Crippen LogP contribution < -0.4 is 4.90 Å². The fourth-order valence-corrected chi connectivity index (χ4v) is 2.18. The van der Waals surface area contributed by atoms with Crippen LogP contribution in [0.1, 0.15) is 18.9 Å². The molecule has 0 spiro atoms.